The number of carboxylic acids is 1. The highest BCUT2D eigenvalue weighted by Crippen LogP contribution is 2.30. The summed E-state index contributed by atoms with van der Waals surface area (Å²) in [5.74, 6) is -1.53. The Morgan fingerprint density at radius 1 is 1.23 bits per heavy atom. The van der Waals surface area contributed by atoms with Gasteiger partial charge in [-0.05, 0) is 44.4 Å². The van der Waals surface area contributed by atoms with Crippen LogP contribution in [0.5, 0.6) is 0 Å². The molecule has 0 aromatic heterocycles. The van der Waals surface area contributed by atoms with Crippen molar-refractivity contribution in [2.45, 2.75) is 52.2 Å². The number of hydrogen-bond donors (Lipinski definition) is 3. The maximum absolute atomic E-state index is 12.7. The van der Waals surface area contributed by atoms with Crippen molar-refractivity contribution in [2.75, 3.05) is 0 Å². The van der Waals surface area contributed by atoms with Crippen LogP contribution in [0.15, 0.2) is 35.5 Å². The Morgan fingerprint density at radius 2 is 1.88 bits per heavy atom. The number of amides is 2. The highest BCUT2D eigenvalue weighted by atomic mass is 16.5. The zero-order valence-corrected chi connectivity index (χ0v) is 15.2. The third kappa shape index (κ3) is 4.62. The Bertz CT molecular complexity index is 722. The lowest BCUT2D eigenvalue weighted by Gasteiger charge is -2.30. The van der Waals surface area contributed by atoms with Crippen molar-refractivity contribution in [3.8, 4) is 0 Å². The van der Waals surface area contributed by atoms with E-state index in [1.165, 1.54) is 12.1 Å². The SMILES string of the molecule is CCCCC1=C(C(=O)OC(C)C)C(c2ccc(C(=O)O)cc2)NC(=O)N1. The van der Waals surface area contributed by atoms with Crippen LogP contribution in [-0.4, -0.2) is 29.2 Å². The van der Waals surface area contributed by atoms with Gasteiger partial charge in [-0.2, -0.15) is 0 Å². The Balaban J connectivity index is 2.46. The largest absolute Gasteiger partial charge is 0.478 e. The third-order valence-electron chi connectivity index (χ3n) is 3.99. The molecule has 1 heterocycles. The summed E-state index contributed by atoms with van der Waals surface area (Å²) in [6.45, 7) is 5.54. The Kier molecular flexibility index (Phi) is 6.38. The molecule has 1 aliphatic rings. The van der Waals surface area contributed by atoms with Gasteiger partial charge < -0.3 is 20.5 Å². The predicted octanol–water partition coefficient (Wildman–Crippen LogP) is 3.13. The number of benzene rings is 1. The van der Waals surface area contributed by atoms with Crippen molar-refractivity contribution >= 4 is 18.0 Å². The molecule has 0 fully saturated rings. The van der Waals surface area contributed by atoms with Crippen LogP contribution >= 0.6 is 0 Å². The van der Waals surface area contributed by atoms with Gasteiger partial charge in [-0.15, -0.1) is 0 Å². The molecule has 1 atom stereocenters. The second-order valence-corrected chi connectivity index (χ2v) is 6.41. The molecular formula is C19H24N2O5. The number of esters is 1. The molecule has 0 saturated carbocycles. The van der Waals surface area contributed by atoms with Crippen molar-refractivity contribution < 1.29 is 24.2 Å². The topological polar surface area (TPSA) is 105 Å². The summed E-state index contributed by atoms with van der Waals surface area (Å²) in [4.78, 5) is 35.8. The van der Waals surface area contributed by atoms with Crippen molar-refractivity contribution in [2.24, 2.45) is 0 Å². The summed E-state index contributed by atoms with van der Waals surface area (Å²) in [5.41, 5.74) is 1.66. The summed E-state index contributed by atoms with van der Waals surface area (Å²) < 4.78 is 5.37. The highest BCUT2D eigenvalue weighted by Gasteiger charge is 2.33. The number of allylic oxidation sites excluding steroid dienone is 1. The van der Waals surface area contributed by atoms with E-state index in [0.717, 1.165) is 12.8 Å². The molecule has 1 aliphatic heterocycles. The van der Waals surface area contributed by atoms with Crippen molar-refractivity contribution in [3.63, 3.8) is 0 Å². The molecule has 2 amide bonds. The molecule has 7 heteroatoms. The van der Waals surface area contributed by atoms with Gasteiger partial charge in [0.2, 0.25) is 0 Å². The van der Waals surface area contributed by atoms with Crippen LogP contribution in [0.3, 0.4) is 0 Å². The number of ether oxygens (including phenoxy) is 1. The Hall–Kier alpha value is -2.83. The van der Waals surface area contributed by atoms with Crippen LogP contribution in [0.4, 0.5) is 4.79 Å². The van der Waals surface area contributed by atoms with Crippen molar-refractivity contribution in [3.05, 3.63) is 46.7 Å². The normalized spacial score (nSPS) is 16.9. The monoisotopic (exact) mass is 360 g/mol. The average Bonchev–Trinajstić information content (AvgIpc) is 2.58. The van der Waals surface area contributed by atoms with E-state index in [1.54, 1.807) is 26.0 Å². The number of hydrogen-bond acceptors (Lipinski definition) is 4. The summed E-state index contributed by atoms with van der Waals surface area (Å²) in [6, 6.07) is 5.00. The predicted molar refractivity (Wildman–Crippen MR) is 95.6 cm³/mol. The molecule has 3 N–H and O–H groups in total. The fourth-order valence-electron chi connectivity index (χ4n) is 2.76. The van der Waals surface area contributed by atoms with Gasteiger partial charge in [0.25, 0.3) is 0 Å². The summed E-state index contributed by atoms with van der Waals surface area (Å²) in [5, 5.41) is 14.5. The molecular weight excluding hydrogens is 336 g/mol. The molecule has 1 unspecified atom stereocenters. The number of rotatable bonds is 7. The van der Waals surface area contributed by atoms with Crippen LogP contribution in [0.2, 0.25) is 0 Å². The smallest absolute Gasteiger partial charge is 0.338 e. The molecule has 0 aliphatic carbocycles. The molecule has 1 aromatic rings. The first-order valence-corrected chi connectivity index (χ1v) is 8.68. The molecule has 140 valence electrons. The van der Waals surface area contributed by atoms with Crippen LogP contribution in [0, 0.1) is 0 Å². The summed E-state index contributed by atoms with van der Waals surface area (Å²) in [6.07, 6.45) is 1.99. The fraction of sp³-hybridized carbons (Fsp3) is 0.421. The minimum Gasteiger partial charge on any atom is -0.478 e. The summed E-state index contributed by atoms with van der Waals surface area (Å²) >= 11 is 0. The van der Waals surface area contributed by atoms with Crippen LogP contribution in [0.1, 0.15) is 62.0 Å². The van der Waals surface area contributed by atoms with E-state index in [1.807, 2.05) is 6.92 Å². The third-order valence-corrected chi connectivity index (χ3v) is 3.99. The first-order chi connectivity index (χ1) is 12.3. The van der Waals surface area contributed by atoms with E-state index in [9.17, 15) is 14.4 Å². The molecule has 0 bridgehead atoms. The van der Waals surface area contributed by atoms with Crippen LogP contribution in [-0.2, 0) is 9.53 Å². The maximum Gasteiger partial charge on any atom is 0.338 e. The molecule has 0 spiro atoms. The van der Waals surface area contributed by atoms with Crippen molar-refractivity contribution in [1.82, 2.24) is 10.6 Å². The van der Waals surface area contributed by atoms with Gasteiger partial charge >= 0.3 is 18.0 Å². The lowest BCUT2D eigenvalue weighted by Crippen LogP contribution is -2.46. The van der Waals surface area contributed by atoms with E-state index in [4.69, 9.17) is 9.84 Å². The quantitative estimate of drug-likeness (QED) is 0.648. The van der Waals surface area contributed by atoms with Gasteiger partial charge in [0.15, 0.2) is 0 Å². The average molecular weight is 360 g/mol. The van der Waals surface area contributed by atoms with Crippen molar-refractivity contribution in [1.29, 1.82) is 0 Å². The number of aromatic carboxylic acids is 1. The Morgan fingerprint density at radius 3 is 2.42 bits per heavy atom. The Labute approximate surface area is 152 Å². The number of carbonyl (C=O) groups is 3. The number of unbranched alkanes of at least 4 members (excludes halogenated alkanes) is 1. The first kappa shape index (κ1) is 19.5. The van der Waals surface area contributed by atoms with Gasteiger partial charge in [0.05, 0.1) is 23.3 Å². The minimum atomic E-state index is -1.04. The fourth-order valence-corrected chi connectivity index (χ4v) is 2.76. The first-order valence-electron chi connectivity index (χ1n) is 8.68. The van der Waals surface area contributed by atoms with Gasteiger partial charge in [-0.25, -0.2) is 14.4 Å². The minimum absolute atomic E-state index is 0.135. The van der Waals surface area contributed by atoms with Gasteiger partial charge in [0, 0.05) is 5.70 Å². The van der Waals surface area contributed by atoms with E-state index in [2.05, 4.69) is 10.6 Å². The van der Waals surface area contributed by atoms with E-state index in [-0.39, 0.29) is 11.7 Å². The van der Waals surface area contributed by atoms with Gasteiger partial charge in [-0.1, -0.05) is 25.5 Å². The number of carboxylic acid groups (broad SMARTS) is 1. The van der Waals surface area contributed by atoms with Gasteiger partial charge in [0.1, 0.15) is 0 Å². The van der Waals surface area contributed by atoms with E-state index in [0.29, 0.717) is 23.3 Å². The molecule has 1 aromatic carbocycles. The van der Waals surface area contributed by atoms with Crippen LogP contribution in [0.25, 0.3) is 0 Å². The second kappa shape index (κ2) is 8.51. The number of nitrogens with one attached hydrogen (secondary N) is 2. The maximum atomic E-state index is 12.7. The van der Waals surface area contributed by atoms with E-state index < -0.39 is 24.0 Å². The molecule has 7 nitrogen and oxygen atoms in total. The van der Waals surface area contributed by atoms with E-state index >= 15 is 0 Å². The molecule has 0 saturated heterocycles. The molecule has 2 rings (SSSR count). The summed E-state index contributed by atoms with van der Waals surface area (Å²) in [7, 11) is 0. The second-order valence-electron chi connectivity index (χ2n) is 6.41. The van der Waals surface area contributed by atoms with Crippen LogP contribution < -0.4 is 10.6 Å². The van der Waals surface area contributed by atoms with Gasteiger partial charge in [-0.3, -0.25) is 0 Å². The zero-order valence-electron chi connectivity index (χ0n) is 15.2. The number of urea groups is 1. The zero-order chi connectivity index (χ0) is 19.3. The molecule has 26 heavy (non-hydrogen) atoms. The number of carbonyl (C=O) groups excluding carboxylic acids is 2. The lowest BCUT2D eigenvalue weighted by molar-refractivity contribution is -0.143. The standard InChI is InChI=1S/C19H24N2O5/c1-4-5-6-14-15(18(24)26-11(2)3)16(21-19(25)20-14)12-7-9-13(10-8-12)17(22)23/h7-11,16H,4-6H2,1-3H3,(H,22,23)(H2,20,21,25). The highest BCUT2D eigenvalue weighted by molar-refractivity contribution is 5.95. The lowest BCUT2D eigenvalue weighted by atomic mass is 9.93. The molecule has 0 radical (unpaired) electrons.